The van der Waals surface area contributed by atoms with Crippen LogP contribution in [0.15, 0.2) is 66.2 Å². The normalized spacial score (nSPS) is 10.9. The summed E-state index contributed by atoms with van der Waals surface area (Å²) >= 11 is 0. The van der Waals surface area contributed by atoms with E-state index in [1.807, 2.05) is 18.2 Å². The third kappa shape index (κ3) is 9.98. The minimum Gasteiger partial charge on any atom is -0.330 e. The first-order valence-electron chi connectivity index (χ1n) is 8.92. The molecule has 4 N–H and O–H groups in total. The number of benzene rings is 2. The highest BCUT2D eigenvalue weighted by Gasteiger charge is 1.91. The van der Waals surface area contributed by atoms with Gasteiger partial charge in [0.15, 0.2) is 0 Å². The Labute approximate surface area is 147 Å². The molecule has 0 atom stereocenters. The van der Waals surface area contributed by atoms with Gasteiger partial charge in [-0.3, -0.25) is 0 Å². The molecule has 2 heteroatoms. The van der Waals surface area contributed by atoms with E-state index in [-0.39, 0.29) is 0 Å². The second kappa shape index (κ2) is 13.5. The summed E-state index contributed by atoms with van der Waals surface area (Å²) in [4.78, 5) is 0. The maximum atomic E-state index is 5.44. The molecule has 0 amide bonds. The van der Waals surface area contributed by atoms with Crippen LogP contribution in [0.1, 0.15) is 43.7 Å². The van der Waals surface area contributed by atoms with Crippen LogP contribution < -0.4 is 11.5 Å². The molecule has 0 spiro atoms. The zero-order valence-electron chi connectivity index (χ0n) is 15.0. The van der Waals surface area contributed by atoms with Crippen molar-refractivity contribution in [2.45, 2.75) is 39.0 Å². The van der Waals surface area contributed by atoms with Crippen molar-refractivity contribution in [3.63, 3.8) is 0 Å². The fourth-order valence-electron chi connectivity index (χ4n) is 2.43. The van der Waals surface area contributed by atoms with Crippen molar-refractivity contribution in [3.8, 4) is 0 Å². The molecule has 2 aromatic carbocycles. The zero-order valence-corrected chi connectivity index (χ0v) is 15.0. The molecule has 2 nitrogen and oxygen atoms in total. The van der Waals surface area contributed by atoms with E-state index in [1.165, 1.54) is 36.0 Å². The molecular formula is C22H32N2. The lowest BCUT2D eigenvalue weighted by Gasteiger charge is -1.99. The Morgan fingerprint density at radius 2 is 1.42 bits per heavy atom. The van der Waals surface area contributed by atoms with Gasteiger partial charge in [0.25, 0.3) is 0 Å². The van der Waals surface area contributed by atoms with E-state index >= 15 is 0 Å². The van der Waals surface area contributed by atoms with Crippen LogP contribution in [-0.4, -0.2) is 13.1 Å². The summed E-state index contributed by atoms with van der Waals surface area (Å²) in [5.41, 5.74) is 14.9. The average Bonchev–Trinajstić information content (AvgIpc) is 2.61. The highest BCUT2D eigenvalue weighted by molar-refractivity contribution is 5.51. The number of hydrogen-bond acceptors (Lipinski definition) is 2. The Morgan fingerprint density at radius 3 is 2.00 bits per heavy atom. The molecule has 130 valence electrons. The maximum absolute atomic E-state index is 5.44. The Morgan fingerprint density at radius 1 is 0.792 bits per heavy atom. The largest absolute Gasteiger partial charge is 0.330 e. The van der Waals surface area contributed by atoms with Crippen molar-refractivity contribution in [1.29, 1.82) is 0 Å². The summed E-state index contributed by atoms with van der Waals surface area (Å²) < 4.78 is 0. The molecular weight excluding hydrogens is 292 g/mol. The van der Waals surface area contributed by atoms with Crippen molar-refractivity contribution < 1.29 is 0 Å². The molecule has 2 aromatic rings. The summed E-state index contributed by atoms with van der Waals surface area (Å²) in [6, 6.07) is 20.9. The SMILES string of the molecule is CC(=Cc1ccccc1)CCN.NCCCCCc1ccccc1. The molecule has 0 aromatic heterocycles. The van der Waals surface area contributed by atoms with Crippen LogP contribution in [0.5, 0.6) is 0 Å². The third-order valence-electron chi connectivity index (χ3n) is 3.76. The lowest BCUT2D eigenvalue weighted by Crippen LogP contribution is -1.98. The van der Waals surface area contributed by atoms with Crippen molar-refractivity contribution in [2.24, 2.45) is 11.5 Å². The van der Waals surface area contributed by atoms with Crippen molar-refractivity contribution in [2.75, 3.05) is 13.1 Å². The molecule has 24 heavy (non-hydrogen) atoms. The quantitative estimate of drug-likeness (QED) is 0.685. The maximum Gasteiger partial charge on any atom is -0.00399 e. The van der Waals surface area contributed by atoms with Crippen LogP contribution in [0.4, 0.5) is 0 Å². The molecule has 0 unspecified atom stereocenters. The van der Waals surface area contributed by atoms with E-state index in [9.17, 15) is 0 Å². The first-order chi connectivity index (χ1) is 11.8. The van der Waals surface area contributed by atoms with Gasteiger partial charge in [0.05, 0.1) is 0 Å². The number of unbranched alkanes of at least 4 members (excludes halogenated alkanes) is 2. The Balaban J connectivity index is 0.000000240. The summed E-state index contributed by atoms with van der Waals surface area (Å²) in [5, 5.41) is 0. The fraction of sp³-hybridized carbons (Fsp3) is 0.364. The molecule has 0 radical (unpaired) electrons. The molecule has 0 saturated carbocycles. The molecule has 0 aliphatic heterocycles. The van der Waals surface area contributed by atoms with Gasteiger partial charge in [-0.25, -0.2) is 0 Å². The van der Waals surface area contributed by atoms with Crippen LogP contribution in [0.2, 0.25) is 0 Å². The van der Waals surface area contributed by atoms with Gasteiger partial charge in [0, 0.05) is 0 Å². The lowest BCUT2D eigenvalue weighted by molar-refractivity contribution is 0.686. The number of rotatable bonds is 8. The first-order valence-corrected chi connectivity index (χ1v) is 8.92. The zero-order chi connectivity index (χ0) is 17.5. The van der Waals surface area contributed by atoms with E-state index in [1.54, 1.807) is 0 Å². The molecule has 0 aliphatic carbocycles. The molecule has 0 heterocycles. The van der Waals surface area contributed by atoms with Gasteiger partial charge in [-0.05, 0) is 56.8 Å². The second-order valence-electron chi connectivity index (χ2n) is 6.02. The van der Waals surface area contributed by atoms with E-state index < -0.39 is 0 Å². The molecule has 0 fully saturated rings. The molecule has 0 aliphatic rings. The summed E-state index contributed by atoms with van der Waals surface area (Å²) in [7, 11) is 0. The van der Waals surface area contributed by atoms with Gasteiger partial charge in [0.1, 0.15) is 0 Å². The van der Waals surface area contributed by atoms with E-state index in [0.29, 0.717) is 0 Å². The monoisotopic (exact) mass is 324 g/mol. The summed E-state index contributed by atoms with van der Waals surface area (Å²) in [5.74, 6) is 0. The van der Waals surface area contributed by atoms with Crippen molar-refractivity contribution >= 4 is 6.08 Å². The number of aryl methyl sites for hydroxylation is 1. The molecule has 2 rings (SSSR count). The average molecular weight is 325 g/mol. The second-order valence-corrected chi connectivity index (χ2v) is 6.02. The summed E-state index contributed by atoms with van der Waals surface area (Å²) in [6.45, 7) is 3.67. The van der Waals surface area contributed by atoms with Crippen LogP contribution >= 0.6 is 0 Å². The van der Waals surface area contributed by atoms with Gasteiger partial charge in [-0.2, -0.15) is 0 Å². The number of hydrogen-bond donors (Lipinski definition) is 2. The van der Waals surface area contributed by atoms with Crippen LogP contribution in [0.3, 0.4) is 0 Å². The number of nitrogens with two attached hydrogens (primary N) is 2. The van der Waals surface area contributed by atoms with E-state index in [0.717, 1.165) is 25.9 Å². The smallest absolute Gasteiger partial charge is 0.00399 e. The lowest BCUT2D eigenvalue weighted by atomic mass is 10.1. The van der Waals surface area contributed by atoms with Crippen molar-refractivity contribution in [3.05, 3.63) is 77.4 Å². The minimum atomic E-state index is 0.731. The standard InChI is InChI=1S/C11H15N.C11H17N/c1-10(7-8-12)9-11-5-3-2-4-6-11;12-10-6-2-5-9-11-7-3-1-4-8-11/h2-6,9H,7-8,12H2,1H3;1,3-4,7-8H,2,5-6,9-10,12H2. The minimum absolute atomic E-state index is 0.731. The Bertz CT molecular complexity index is 547. The van der Waals surface area contributed by atoms with Crippen LogP contribution in [0, 0.1) is 0 Å². The Hall–Kier alpha value is -1.90. The Kier molecular flexibility index (Phi) is 11.4. The fourth-order valence-corrected chi connectivity index (χ4v) is 2.43. The predicted octanol–water partition coefficient (Wildman–Crippen LogP) is 4.80. The van der Waals surface area contributed by atoms with Crippen molar-refractivity contribution in [1.82, 2.24) is 0 Å². The summed E-state index contributed by atoms with van der Waals surface area (Å²) in [6.07, 6.45) is 8.03. The van der Waals surface area contributed by atoms with Gasteiger partial charge < -0.3 is 11.5 Å². The van der Waals surface area contributed by atoms with Crippen LogP contribution in [0.25, 0.3) is 6.08 Å². The van der Waals surface area contributed by atoms with Gasteiger partial charge >= 0.3 is 0 Å². The van der Waals surface area contributed by atoms with Gasteiger partial charge in [-0.15, -0.1) is 0 Å². The van der Waals surface area contributed by atoms with Gasteiger partial charge in [0.2, 0.25) is 0 Å². The first kappa shape index (κ1) is 20.1. The third-order valence-corrected chi connectivity index (χ3v) is 3.76. The molecule has 0 saturated heterocycles. The topological polar surface area (TPSA) is 52.0 Å². The highest BCUT2D eigenvalue weighted by Crippen LogP contribution is 2.07. The highest BCUT2D eigenvalue weighted by atomic mass is 14.5. The molecule has 0 bridgehead atoms. The van der Waals surface area contributed by atoms with Crippen LogP contribution in [-0.2, 0) is 6.42 Å². The predicted molar refractivity (Wildman–Crippen MR) is 107 cm³/mol. The van der Waals surface area contributed by atoms with E-state index in [4.69, 9.17) is 11.5 Å². The van der Waals surface area contributed by atoms with Gasteiger partial charge in [-0.1, -0.05) is 78.7 Å². The van der Waals surface area contributed by atoms with E-state index in [2.05, 4.69) is 55.5 Å².